The fraction of sp³-hybridized carbons (Fsp3) is 0.556. The van der Waals surface area contributed by atoms with Gasteiger partial charge in [0.1, 0.15) is 5.37 Å². The molecular formula is C9H10KNO4S2. The zero-order chi connectivity index (χ0) is 12.0. The monoisotopic (exact) mass is 299 g/mol. The first-order valence-corrected chi connectivity index (χ1v) is 6.77. The molecule has 1 N–H and O–H groups in total. The van der Waals surface area contributed by atoms with Gasteiger partial charge in [0.05, 0.1) is 27.9 Å². The van der Waals surface area contributed by atoms with Gasteiger partial charge in [-0.3, -0.25) is 9.69 Å². The zero-order valence-electron chi connectivity index (χ0n) is 9.67. The van der Waals surface area contributed by atoms with Crippen molar-refractivity contribution in [3.05, 3.63) is 9.93 Å². The number of thioether (sulfide) groups is 2. The molecule has 0 aromatic heterocycles. The molecule has 0 saturated carbocycles. The molecule has 0 bridgehead atoms. The molecule has 2 aliphatic rings. The molecule has 8 heteroatoms. The predicted molar refractivity (Wildman–Crippen MR) is 58.9 cm³/mol. The van der Waals surface area contributed by atoms with Crippen molar-refractivity contribution >= 4 is 35.4 Å². The maximum atomic E-state index is 11.7. The van der Waals surface area contributed by atoms with Crippen molar-refractivity contribution in [1.29, 1.82) is 0 Å². The molecule has 88 valence electrons. The molecule has 2 unspecified atom stereocenters. The van der Waals surface area contributed by atoms with E-state index < -0.39 is 18.0 Å². The Hall–Kier alpha value is 0.976. The topological polar surface area (TPSA) is 80.7 Å². The second kappa shape index (κ2) is 5.95. The standard InChI is InChI=1S/C9H11NO4S2.K/c1-3(11)4-6(12)10-5(8(13)14)9(15-2)16-7(4)10;/h3-4,7,11H,1-2H3,(H,13,14);/q;+1/p-1/t3?,4?,7-;/m1./s1. The zero-order valence-corrected chi connectivity index (χ0v) is 14.4. The van der Waals surface area contributed by atoms with E-state index in [0.717, 1.165) is 0 Å². The predicted octanol–water partition coefficient (Wildman–Crippen LogP) is -3.82. The fourth-order valence-corrected chi connectivity index (χ4v) is 4.26. The van der Waals surface area contributed by atoms with E-state index in [-0.39, 0.29) is 68.4 Å². The van der Waals surface area contributed by atoms with Crippen LogP contribution in [0.5, 0.6) is 0 Å². The molecule has 2 aliphatic heterocycles. The van der Waals surface area contributed by atoms with Gasteiger partial charge >= 0.3 is 51.4 Å². The number of carboxylic acids is 1. The van der Waals surface area contributed by atoms with Crippen molar-refractivity contribution in [1.82, 2.24) is 4.90 Å². The number of hydrogen-bond acceptors (Lipinski definition) is 6. The summed E-state index contributed by atoms with van der Waals surface area (Å²) >= 11 is 2.58. The fourth-order valence-electron chi connectivity index (χ4n) is 1.88. The molecule has 3 atom stereocenters. The number of amides is 1. The molecule has 1 amide bonds. The van der Waals surface area contributed by atoms with Crippen molar-refractivity contribution in [2.75, 3.05) is 6.26 Å². The summed E-state index contributed by atoms with van der Waals surface area (Å²) < 4.78 is 0.571. The number of aliphatic hydroxyl groups is 1. The van der Waals surface area contributed by atoms with Gasteiger partial charge in [-0.25, -0.2) is 0 Å². The SMILES string of the molecule is CSC1=C(C(=O)[O-])N2C(=O)C(C(C)O)[C@H]2S1.[K+]. The van der Waals surface area contributed by atoms with Gasteiger partial charge in [0.15, 0.2) is 0 Å². The van der Waals surface area contributed by atoms with Gasteiger partial charge in [-0.15, -0.1) is 11.8 Å². The third kappa shape index (κ3) is 2.51. The van der Waals surface area contributed by atoms with Gasteiger partial charge in [-0.1, -0.05) is 11.8 Å². The first kappa shape index (κ1) is 16.0. The molecule has 2 heterocycles. The Morgan fingerprint density at radius 1 is 1.65 bits per heavy atom. The number of fused-ring (bicyclic) bond motifs is 1. The number of hydrogen-bond donors (Lipinski definition) is 1. The van der Waals surface area contributed by atoms with Crippen LogP contribution in [0.4, 0.5) is 0 Å². The summed E-state index contributed by atoms with van der Waals surface area (Å²) in [5.41, 5.74) is -0.0515. The van der Waals surface area contributed by atoms with Gasteiger partial charge < -0.3 is 15.0 Å². The summed E-state index contributed by atoms with van der Waals surface area (Å²) in [5.74, 6) is -2.18. The Bertz CT molecular complexity index is 398. The first-order valence-electron chi connectivity index (χ1n) is 4.66. The number of rotatable bonds is 3. The maximum Gasteiger partial charge on any atom is 1.00 e. The van der Waals surface area contributed by atoms with Gasteiger partial charge in [0, 0.05) is 0 Å². The molecule has 1 saturated heterocycles. The van der Waals surface area contributed by atoms with E-state index >= 15 is 0 Å². The summed E-state index contributed by atoms with van der Waals surface area (Å²) in [5, 5.41) is 20.1. The third-order valence-corrected chi connectivity index (χ3v) is 5.15. The summed E-state index contributed by atoms with van der Waals surface area (Å²) in [7, 11) is 0. The normalized spacial score (nSPS) is 28.4. The largest absolute Gasteiger partial charge is 1.00 e. The average Bonchev–Trinajstić information content (AvgIpc) is 2.51. The Morgan fingerprint density at radius 2 is 2.24 bits per heavy atom. The van der Waals surface area contributed by atoms with Crippen LogP contribution in [0.25, 0.3) is 0 Å². The van der Waals surface area contributed by atoms with Gasteiger partial charge in [-0.2, -0.15) is 0 Å². The molecule has 2 rings (SSSR count). The number of β-lactam (4-membered cyclic amide) rings is 1. The Morgan fingerprint density at radius 3 is 2.65 bits per heavy atom. The Kier molecular flexibility index (Phi) is 5.62. The van der Waals surface area contributed by atoms with Crippen molar-refractivity contribution in [3.8, 4) is 0 Å². The summed E-state index contributed by atoms with van der Waals surface area (Å²) in [6.07, 6.45) is 0.990. The molecule has 0 radical (unpaired) electrons. The molecule has 17 heavy (non-hydrogen) atoms. The summed E-state index contributed by atoms with van der Waals surface area (Å²) in [4.78, 5) is 23.8. The van der Waals surface area contributed by atoms with Crippen molar-refractivity contribution in [2.24, 2.45) is 5.92 Å². The number of aliphatic carboxylic acids is 1. The Labute approximate surface area is 150 Å². The van der Waals surface area contributed by atoms with Crippen molar-refractivity contribution in [3.63, 3.8) is 0 Å². The van der Waals surface area contributed by atoms with Crippen LogP contribution in [0.2, 0.25) is 0 Å². The molecular weight excluding hydrogens is 289 g/mol. The molecule has 0 aromatic carbocycles. The smallest absolute Gasteiger partial charge is 0.543 e. The number of carbonyl (C=O) groups excluding carboxylic acids is 2. The third-order valence-electron chi connectivity index (χ3n) is 2.64. The summed E-state index contributed by atoms with van der Waals surface area (Å²) in [6.45, 7) is 1.54. The molecule has 0 spiro atoms. The van der Waals surface area contributed by atoms with E-state index in [9.17, 15) is 19.8 Å². The number of carboxylic acid groups (broad SMARTS) is 1. The minimum Gasteiger partial charge on any atom is -0.543 e. The second-order valence-corrected chi connectivity index (χ2v) is 5.81. The van der Waals surface area contributed by atoms with Gasteiger partial charge in [0.25, 0.3) is 0 Å². The molecule has 0 aromatic rings. The van der Waals surface area contributed by atoms with Crippen LogP contribution in [0.15, 0.2) is 9.93 Å². The minimum absolute atomic E-state index is 0. The van der Waals surface area contributed by atoms with Crippen LogP contribution >= 0.6 is 23.5 Å². The quantitative estimate of drug-likeness (QED) is 0.425. The van der Waals surface area contributed by atoms with Gasteiger partial charge in [0.2, 0.25) is 5.91 Å². The summed E-state index contributed by atoms with van der Waals surface area (Å²) in [6, 6.07) is 0. The van der Waals surface area contributed by atoms with Crippen LogP contribution in [-0.4, -0.2) is 39.6 Å². The Balaban J connectivity index is 0.00000144. The first-order chi connectivity index (χ1) is 7.49. The van der Waals surface area contributed by atoms with Crippen LogP contribution in [0.3, 0.4) is 0 Å². The van der Waals surface area contributed by atoms with E-state index in [2.05, 4.69) is 0 Å². The number of aliphatic hydroxyl groups excluding tert-OH is 1. The van der Waals surface area contributed by atoms with Gasteiger partial charge in [-0.05, 0) is 13.2 Å². The van der Waals surface area contributed by atoms with Crippen LogP contribution in [-0.2, 0) is 9.59 Å². The average molecular weight is 299 g/mol. The van der Waals surface area contributed by atoms with Crippen molar-refractivity contribution < 1.29 is 71.2 Å². The van der Waals surface area contributed by atoms with Crippen LogP contribution in [0, 0.1) is 5.92 Å². The maximum absolute atomic E-state index is 11.7. The second-order valence-electron chi connectivity index (χ2n) is 3.61. The number of carbonyl (C=O) groups is 2. The van der Waals surface area contributed by atoms with Crippen LogP contribution in [0.1, 0.15) is 6.92 Å². The van der Waals surface area contributed by atoms with E-state index in [1.54, 1.807) is 6.26 Å². The number of nitrogens with zero attached hydrogens (tertiary/aromatic N) is 1. The van der Waals surface area contributed by atoms with Crippen LogP contribution < -0.4 is 56.5 Å². The van der Waals surface area contributed by atoms with Crippen molar-refractivity contribution in [2.45, 2.75) is 18.4 Å². The molecule has 0 aliphatic carbocycles. The van der Waals surface area contributed by atoms with E-state index in [0.29, 0.717) is 4.24 Å². The van der Waals surface area contributed by atoms with E-state index in [1.807, 2.05) is 0 Å². The minimum atomic E-state index is -1.34. The molecule has 5 nitrogen and oxygen atoms in total. The van der Waals surface area contributed by atoms with E-state index in [4.69, 9.17) is 0 Å². The molecule has 1 fully saturated rings. The van der Waals surface area contributed by atoms with E-state index in [1.165, 1.54) is 35.3 Å².